The summed E-state index contributed by atoms with van der Waals surface area (Å²) >= 11 is 0. The summed E-state index contributed by atoms with van der Waals surface area (Å²) in [6.07, 6.45) is 1.14. The molecular formula is C11H18N4. The number of hydrogen-bond donors (Lipinski definition) is 1. The van der Waals surface area contributed by atoms with Gasteiger partial charge >= 0.3 is 0 Å². The number of aromatic nitrogens is 2. The molecule has 4 heteroatoms. The molecule has 0 saturated carbocycles. The summed E-state index contributed by atoms with van der Waals surface area (Å²) in [6, 6.07) is 0.609. The average Bonchev–Trinajstić information content (AvgIpc) is 2.52. The van der Waals surface area contributed by atoms with Crippen molar-refractivity contribution in [1.82, 2.24) is 20.0 Å². The molecule has 1 N–H and O–H groups in total. The van der Waals surface area contributed by atoms with E-state index >= 15 is 0 Å². The van der Waals surface area contributed by atoms with Gasteiger partial charge in [-0.25, -0.2) is 0 Å². The Labute approximate surface area is 90.3 Å². The van der Waals surface area contributed by atoms with Gasteiger partial charge in [0.05, 0.1) is 17.4 Å². The summed E-state index contributed by atoms with van der Waals surface area (Å²) in [5, 5.41) is 8.13. The zero-order valence-corrected chi connectivity index (χ0v) is 9.45. The molecule has 4 nitrogen and oxygen atoms in total. The van der Waals surface area contributed by atoms with Gasteiger partial charge in [0, 0.05) is 19.6 Å². The first kappa shape index (κ1) is 9.36. The molecule has 0 aliphatic carbocycles. The number of likely N-dealkylation sites (tertiary alicyclic amines) is 1. The predicted octanol–water partition coefficient (Wildman–Crippen LogP) is 0.324. The highest BCUT2D eigenvalue weighted by atomic mass is 15.4. The topological polar surface area (TPSA) is 33.1 Å². The SMILES string of the molecule is Cc1nn(C2CN(C)C2)c2c1CCNC2. The Hall–Kier alpha value is -0.870. The number of hydrogen-bond acceptors (Lipinski definition) is 3. The second kappa shape index (κ2) is 3.32. The van der Waals surface area contributed by atoms with E-state index in [-0.39, 0.29) is 0 Å². The van der Waals surface area contributed by atoms with Gasteiger partial charge in [0.25, 0.3) is 0 Å². The van der Waals surface area contributed by atoms with Gasteiger partial charge in [0.2, 0.25) is 0 Å². The third kappa shape index (κ3) is 1.40. The van der Waals surface area contributed by atoms with Crippen molar-refractivity contribution in [2.45, 2.75) is 25.9 Å². The van der Waals surface area contributed by atoms with Crippen LogP contribution >= 0.6 is 0 Å². The normalized spacial score (nSPS) is 22.5. The van der Waals surface area contributed by atoms with Crippen LogP contribution in [-0.2, 0) is 13.0 Å². The van der Waals surface area contributed by atoms with Crippen LogP contribution in [0.4, 0.5) is 0 Å². The van der Waals surface area contributed by atoms with Crippen molar-refractivity contribution in [3.63, 3.8) is 0 Å². The molecule has 0 spiro atoms. The largest absolute Gasteiger partial charge is 0.311 e. The number of rotatable bonds is 1. The smallest absolute Gasteiger partial charge is 0.0776 e. The molecule has 0 aromatic carbocycles. The molecule has 2 aliphatic heterocycles. The molecule has 1 saturated heterocycles. The van der Waals surface area contributed by atoms with Crippen LogP contribution in [0.5, 0.6) is 0 Å². The van der Waals surface area contributed by atoms with E-state index < -0.39 is 0 Å². The van der Waals surface area contributed by atoms with E-state index in [2.05, 4.69) is 28.9 Å². The van der Waals surface area contributed by atoms with E-state index in [4.69, 9.17) is 5.10 Å². The maximum atomic E-state index is 4.70. The van der Waals surface area contributed by atoms with E-state index in [1.54, 1.807) is 0 Å². The van der Waals surface area contributed by atoms with Crippen molar-refractivity contribution in [2.75, 3.05) is 26.7 Å². The van der Waals surface area contributed by atoms with Gasteiger partial charge in [-0.3, -0.25) is 4.68 Å². The lowest BCUT2D eigenvalue weighted by Gasteiger charge is -2.37. The van der Waals surface area contributed by atoms with Crippen LogP contribution in [0, 0.1) is 6.92 Å². The third-order valence-corrected chi connectivity index (χ3v) is 3.55. The number of nitrogens with one attached hydrogen (secondary N) is 1. The maximum Gasteiger partial charge on any atom is 0.0776 e. The summed E-state index contributed by atoms with van der Waals surface area (Å²) in [5.74, 6) is 0. The Bertz CT molecular complexity index is 376. The molecule has 0 radical (unpaired) electrons. The molecule has 82 valence electrons. The van der Waals surface area contributed by atoms with E-state index in [0.717, 1.165) is 32.6 Å². The van der Waals surface area contributed by atoms with Crippen molar-refractivity contribution in [1.29, 1.82) is 0 Å². The molecule has 0 unspecified atom stereocenters. The summed E-state index contributed by atoms with van der Waals surface area (Å²) < 4.78 is 2.26. The number of fused-ring (bicyclic) bond motifs is 1. The van der Waals surface area contributed by atoms with Crippen LogP contribution in [0.1, 0.15) is 23.0 Å². The molecule has 0 amide bonds. The quantitative estimate of drug-likeness (QED) is 0.718. The zero-order chi connectivity index (χ0) is 10.4. The van der Waals surface area contributed by atoms with Crippen molar-refractivity contribution in [3.8, 4) is 0 Å². The second-order valence-corrected chi connectivity index (χ2v) is 4.76. The van der Waals surface area contributed by atoms with E-state index in [9.17, 15) is 0 Å². The van der Waals surface area contributed by atoms with E-state index in [1.807, 2.05) is 0 Å². The number of likely N-dealkylation sites (N-methyl/N-ethyl adjacent to an activating group) is 1. The predicted molar refractivity (Wildman–Crippen MR) is 58.9 cm³/mol. The molecule has 0 atom stereocenters. The second-order valence-electron chi connectivity index (χ2n) is 4.76. The highest BCUT2D eigenvalue weighted by Crippen LogP contribution is 2.25. The van der Waals surface area contributed by atoms with Crippen molar-refractivity contribution >= 4 is 0 Å². The highest BCUT2D eigenvalue weighted by Gasteiger charge is 2.29. The number of aryl methyl sites for hydroxylation is 1. The first-order valence-electron chi connectivity index (χ1n) is 5.72. The van der Waals surface area contributed by atoms with E-state index in [1.165, 1.54) is 17.0 Å². The van der Waals surface area contributed by atoms with Gasteiger partial charge in [0.1, 0.15) is 0 Å². The lowest BCUT2D eigenvalue weighted by Crippen LogP contribution is -2.46. The molecule has 15 heavy (non-hydrogen) atoms. The molecule has 1 aromatic rings. The Morgan fingerprint density at radius 1 is 1.40 bits per heavy atom. The molecule has 3 rings (SSSR count). The molecule has 3 heterocycles. The van der Waals surface area contributed by atoms with Gasteiger partial charge in [-0.15, -0.1) is 0 Å². The molecule has 1 fully saturated rings. The first-order chi connectivity index (χ1) is 7.25. The van der Waals surface area contributed by atoms with Crippen LogP contribution in [0.25, 0.3) is 0 Å². The molecule has 0 bridgehead atoms. The average molecular weight is 206 g/mol. The maximum absolute atomic E-state index is 4.70. The highest BCUT2D eigenvalue weighted by molar-refractivity contribution is 5.28. The van der Waals surface area contributed by atoms with E-state index in [0.29, 0.717) is 6.04 Å². The Kier molecular flexibility index (Phi) is 2.07. The third-order valence-electron chi connectivity index (χ3n) is 3.55. The van der Waals surface area contributed by atoms with Crippen LogP contribution in [0.3, 0.4) is 0 Å². The van der Waals surface area contributed by atoms with Gasteiger partial charge in [-0.1, -0.05) is 0 Å². The van der Waals surface area contributed by atoms with Crippen LogP contribution < -0.4 is 5.32 Å². The minimum absolute atomic E-state index is 0.609. The fourth-order valence-corrected chi connectivity index (χ4v) is 2.69. The summed E-state index contributed by atoms with van der Waals surface area (Å²) in [6.45, 7) is 6.53. The Morgan fingerprint density at radius 3 is 2.93 bits per heavy atom. The molecular weight excluding hydrogens is 188 g/mol. The van der Waals surface area contributed by atoms with Crippen molar-refractivity contribution < 1.29 is 0 Å². The molecule has 2 aliphatic rings. The fourth-order valence-electron chi connectivity index (χ4n) is 2.69. The zero-order valence-electron chi connectivity index (χ0n) is 9.45. The Morgan fingerprint density at radius 2 is 2.20 bits per heavy atom. The minimum atomic E-state index is 0.609. The monoisotopic (exact) mass is 206 g/mol. The van der Waals surface area contributed by atoms with Crippen LogP contribution in [0.15, 0.2) is 0 Å². The van der Waals surface area contributed by atoms with Crippen molar-refractivity contribution in [3.05, 3.63) is 17.0 Å². The number of nitrogens with zero attached hydrogens (tertiary/aromatic N) is 3. The van der Waals surface area contributed by atoms with Crippen LogP contribution in [0.2, 0.25) is 0 Å². The van der Waals surface area contributed by atoms with Crippen LogP contribution in [-0.4, -0.2) is 41.4 Å². The summed E-state index contributed by atoms with van der Waals surface area (Å²) in [5.41, 5.74) is 4.15. The lowest BCUT2D eigenvalue weighted by molar-refractivity contribution is 0.127. The van der Waals surface area contributed by atoms with Gasteiger partial charge < -0.3 is 10.2 Å². The summed E-state index contributed by atoms with van der Waals surface area (Å²) in [4.78, 5) is 2.34. The van der Waals surface area contributed by atoms with Gasteiger partial charge in [-0.05, 0) is 32.5 Å². The minimum Gasteiger partial charge on any atom is -0.311 e. The van der Waals surface area contributed by atoms with Gasteiger partial charge in [0.15, 0.2) is 0 Å². The molecule has 1 aromatic heterocycles. The first-order valence-corrected chi connectivity index (χ1v) is 5.72. The summed E-state index contributed by atoms with van der Waals surface area (Å²) in [7, 11) is 2.16. The standard InChI is InChI=1S/C11H18N4/c1-8-10-3-4-12-5-11(10)15(13-8)9-6-14(2)7-9/h9,12H,3-7H2,1-2H3. The van der Waals surface area contributed by atoms with Gasteiger partial charge in [-0.2, -0.15) is 5.10 Å². The Balaban J connectivity index is 1.94. The lowest BCUT2D eigenvalue weighted by atomic mass is 10.1. The fraction of sp³-hybridized carbons (Fsp3) is 0.727. The van der Waals surface area contributed by atoms with Crippen molar-refractivity contribution in [2.24, 2.45) is 0 Å².